The van der Waals surface area contributed by atoms with Crippen molar-refractivity contribution in [1.82, 2.24) is 4.98 Å². The number of anilines is 1. The molecule has 2 aromatic carbocycles. The molecule has 4 nitrogen and oxygen atoms in total. The lowest BCUT2D eigenvalue weighted by Crippen LogP contribution is -2.35. The molecular weight excluding hydrogens is 378 g/mol. The fourth-order valence-electron chi connectivity index (χ4n) is 3.03. The summed E-state index contributed by atoms with van der Waals surface area (Å²) in [6.45, 7) is 0.623. The number of amides is 1. The van der Waals surface area contributed by atoms with E-state index in [-0.39, 0.29) is 5.91 Å². The van der Waals surface area contributed by atoms with Gasteiger partial charge in [0.1, 0.15) is 0 Å². The molecule has 0 radical (unpaired) electrons. The maximum atomic E-state index is 13.0. The standard InChI is InChI=1S/C21H14ClN3OS/c22-17-7-5-16(6-8-17)21(26)25-9-10-27-20-18(12-24-13-19(20)25)15-3-1-14(11-23)2-4-15/h1-8,12-13H,9-10H2. The lowest BCUT2D eigenvalue weighted by Gasteiger charge is -2.30. The van der Waals surface area contributed by atoms with Gasteiger partial charge in [-0.05, 0) is 42.0 Å². The van der Waals surface area contributed by atoms with Gasteiger partial charge in [0, 0.05) is 39.5 Å². The van der Waals surface area contributed by atoms with Crippen LogP contribution in [0.3, 0.4) is 0 Å². The highest BCUT2D eigenvalue weighted by Crippen LogP contribution is 2.41. The minimum atomic E-state index is -0.0630. The normalized spacial score (nSPS) is 13.0. The van der Waals surface area contributed by atoms with E-state index in [2.05, 4.69) is 11.1 Å². The van der Waals surface area contributed by atoms with Crippen molar-refractivity contribution >= 4 is 35.0 Å². The Bertz CT molecular complexity index is 1040. The summed E-state index contributed by atoms with van der Waals surface area (Å²) in [5.74, 6) is 0.742. The van der Waals surface area contributed by atoms with Crippen LogP contribution in [0.1, 0.15) is 15.9 Å². The molecule has 1 amide bonds. The van der Waals surface area contributed by atoms with Gasteiger partial charge in [-0.2, -0.15) is 5.26 Å². The van der Waals surface area contributed by atoms with Crippen LogP contribution in [0.25, 0.3) is 11.1 Å². The number of aromatic nitrogens is 1. The first-order chi connectivity index (χ1) is 13.2. The second-order valence-electron chi connectivity index (χ2n) is 6.04. The molecular formula is C21H14ClN3OS. The van der Waals surface area contributed by atoms with E-state index < -0.39 is 0 Å². The number of halogens is 1. The Morgan fingerprint density at radius 3 is 2.56 bits per heavy atom. The number of nitrogens with zero attached hydrogens (tertiary/aromatic N) is 3. The van der Waals surface area contributed by atoms with Crippen molar-refractivity contribution in [2.45, 2.75) is 4.90 Å². The lowest BCUT2D eigenvalue weighted by atomic mass is 10.0. The van der Waals surface area contributed by atoms with Gasteiger partial charge in [-0.25, -0.2) is 0 Å². The molecule has 0 spiro atoms. The molecule has 0 N–H and O–H groups in total. The quantitative estimate of drug-likeness (QED) is 0.615. The minimum absolute atomic E-state index is 0.0630. The molecule has 132 valence electrons. The highest BCUT2D eigenvalue weighted by molar-refractivity contribution is 7.99. The largest absolute Gasteiger partial charge is 0.305 e. The van der Waals surface area contributed by atoms with Crippen molar-refractivity contribution in [2.75, 3.05) is 17.2 Å². The topological polar surface area (TPSA) is 57.0 Å². The van der Waals surface area contributed by atoms with Crippen molar-refractivity contribution in [1.29, 1.82) is 5.26 Å². The van der Waals surface area contributed by atoms with Gasteiger partial charge in [-0.15, -0.1) is 11.8 Å². The molecule has 4 rings (SSSR count). The summed E-state index contributed by atoms with van der Waals surface area (Å²) in [6.07, 6.45) is 3.55. The summed E-state index contributed by atoms with van der Waals surface area (Å²) in [5.41, 5.74) is 3.97. The average Bonchev–Trinajstić information content (AvgIpc) is 2.73. The van der Waals surface area contributed by atoms with Gasteiger partial charge in [0.25, 0.3) is 5.91 Å². The van der Waals surface area contributed by atoms with Gasteiger partial charge in [0.05, 0.1) is 23.5 Å². The fraction of sp³-hybridized carbons (Fsp3) is 0.0952. The monoisotopic (exact) mass is 391 g/mol. The zero-order chi connectivity index (χ0) is 18.8. The van der Waals surface area contributed by atoms with E-state index in [0.717, 1.165) is 27.5 Å². The average molecular weight is 392 g/mol. The number of thioether (sulfide) groups is 1. The third-order valence-corrected chi connectivity index (χ3v) is 5.75. The number of carbonyl (C=O) groups is 1. The van der Waals surface area contributed by atoms with Crippen LogP contribution in [-0.2, 0) is 0 Å². The molecule has 27 heavy (non-hydrogen) atoms. The molecule has 0 fully saturated rings. The Kier molecular flexibility index (Phi) is 4.85. The number of hydrogen-bond acceptors (Lipinski definition) is 4. The molecule has 0 aliphatic carbocycles. The Morgan fingerprint density at radius 2 is 1.85 bits per heavy atom. The highest BCUT2D eigenvalue weighted by Gasteiger charge is 2.26. The summed E-state index contributed by atoms with van der Waals surface area (Å²) in [5, 5.41) is 9.60. The first-order valence-corrected chi connectivity index (χ1v) is 9.72. The van der Waals surface area contributed by atoms with Gasteiger partial charge in [0.15, 0.2) is 0 Å². The Labute approximate surface area is 166 Å². The smallest absolute Gasteiger partial charge is 0.258 e. The van der Waals surface area contributed by atoms with Gasteiger partial charge in [-0.3, -0.25) is 9.78 Å². The number of fused-ring (bicyclic) bond motifs is 1. The maximum absolute atomic E-state index is 13.0. The molecule has 0 saturated carbocycles. The zero-order valence-electron chi connectivity index (χ0n) is 14.2. The third-order valence-electron chi connectivity index (χ3n) is 4.39. The van der Waals surface area contributed by atoms with Crippen LogP contribution in [-0.4, -0.2) is 23.2 Å². The molecule has 0 saturated heterocycles. The molecule has 1 aromatic heterocycles. The van der Waals surface area contributed by atoms with Gasteiger partial charge in [0.2, 0.25) is 0 Å². The van der Waals surface area contributed by atoms with E-state index in [1.54, 1.807) is 59.3 Å². The van der Waals surface area contributed by atoms with Crippen molar-refractivity contribution in [3.05, 3.63) is 77.1 Å². The van der Waals surface area contributed by atoms with Crippen molar-refractivity contribution in [3.63, 3.8) is 0 Å². The summed E-state index contributed by atoms with van der Waals surface area (Å²) < 4.78 is 0. The van der Waals surface area contributed by atoms with Crippen molar-refractivity contribution in [2.24, 2.45) is 0 Å². The van der Waals surface area contributed by atoms with E-state index in [9.17, 15) is 4.79 Å². The van der Waals surface area contributed by atoms with E-state index in [1.165, 1.54) is 0 Å². The molecule has 6 heteroatoms. The van der Waals surface area contributed by atoms with E-state index in [4.69, 9.17) is 16.9 Å². The predicted molar refractivity (Wildman–Crippen MR) is 108 cm³/mol. The Morgan fingerprint density at radius 1 is 1.11 bits per heavy atom. The van der Waals surface area contributed by atoms with Crippen LogP contribution in [0.5, 0.6) is 0 Å². The number of hydrogen-bond donors (Lipinski definition) is 0. The number of pyridine rings is 1. The fourth-order valence-corrected chi connectivity index (χ4v) is 4.27. The summed E-state index contributed by atoms with van der Waals surface area (Å²) in [4.78, 5) is 20.2. The molecule has 0 unspecified atom stereocenters. The van der Waals surface area contributed by atoms with Crippen LogP contribution < -0.4 is 4.90 Å². The van der Waals surface area contributed by atoms with Crippen LogP contribution >= 0.6 is 23.4 Å². The van der Waals surface area contributed by atoms with Crippen LogP contribution in [0, 0.1) is 11.3 Å². The summed E-state index contributed by atoms with van der Waals surface area (Å²) in [7, 11) is 0. The molecule has 0 atom stereocenters. The number of carbonyl (C=O) groups excluding carboxylic acids is 1. The van der Waals surface area contributed by atoms with Crippen LogP contribution in [0.4, 0.5) is 5.69 Å². The predicted octanol–water partition coefficient (Wildman–Crippen LogP) is 5.03. The second-order valence-corrected chi connectivity index (χ2v) is 7.58. The van der Waals surface area contributed by atoms with Crippen molar-refractivity contribution < 1.29 is 4.79 Å². The van der Waals surface area contributed by atoms with E-state index in [1.807, 2.05) is 18.3 Å². The first kappa shape index (κ1) is 17.6. The lowest BCUT2D eigenvalue weighted by molar-refractivity contribution is 0.0987. The molecule has 1 aliphatic heterocycles. The van der Waals surface area contributed by atoms with Crippen LogP contribution in [0.15, 0.2) is 65.8 Å². The summed E-state index contributed by atoms with van der Waals surface area (Å²) in [6, 6.07) is 16.5. The Hall–Kier alpha value is -2.81. The zero-order valence-corrected chi connectivity index (χ0v) is 15.8. The number of benzene rings is 2. The second kappa shape index (κ2) is 7.43. The Balaban J connectivity index is 1.74. The van der Waals surface area contributed by atoms with Gasteiger partial charge < -0.3 is 4.90 Å². The third kappa shape index (κ3) is 3.42. The number of nitriles is 1. The summed E-state index contributed by atoms with van der Waals surface area (Å²) >= 11 is 7.65. The van der Waals surface area contributed by atoms with Crippen molar-refractivity contribution in [3.8, 4) is 17.2 Å². The van der Waals surface area contributed by atoms with E-state index >= 15 is 0 Å². The molecule has 2 heterocycles. The molecule has 1 aliphatic rings. The SMILES string of the molecule is N#Cc1ccc(-c2cncc3c2SCCN3C(=O)c2ccc(Cl)cc2)cc1. The van der Waals surface area contributed by atoms with Gasteiger partial charge in [-0.1, -0.05) is 23.7 Å². The minimum Gasteiger partial charge on any atom is -0.305 e. The highest BCUT2D eigenvalue weighted by atomic mass is 35.5. The van der Waals surface area contributed by atoms with Gasteiger partial charge >= 0.3 is 0 Å². The number of rotatable bonds is 2. The molecule has 3 aromatic rings. The first-order valence-electron chi connectivity index (χ1n) is 8.36. The maximum Gasteiger partial charge on any atom is 0.258 e. The molecule has 0 bridgehead atoms. The van der Waals surface area contributed by atoms with E-state index in [0.29, 0.717) is 22.7 Å². The van der Waals surface area contributed by atoms with Crippen LogP contribution in [0.2, 0.25) is 5.02 Å².